The monoisotopic (exact) mass is 217 g/mol. The first-order valence-corrected chi connectivity index (χ1v) is 3.46. The van der Waals surface area contributed by atoms with Gasteiger partial charge in [0.2, 0.25) is 5.69 Å². The molecule has 4 heteroatoms. The summed E-state index contributed by atoms with van der Waals surface area (Å²) in [6.07, 6.45) is 0. The molecule has 1 rings (SSSR count). The fourth-order valence-corrected chi connectivity index (χ4v) is 0.913. The molecular weight excluding hydrogens is 216 g/mol. The van der Waals surface area contributed by atoms with Gasteiger partial charge >= 0.3 is 0 Å². The van der Waals surface area contributed by atoms with Crippen molar-refractivity contribution in [1.82, 2.24) is 0 Å². The van der Waals surface area contributed by atoms with Gasteiger partial charge in [-0.2, -0.15) is 0 Å². The number of rotatable bonds is 0. The summed E-state index contributed by atoms with van der Waals surface area (Å²) in [5.74, 6) is -1.34. The van der Waals surface area contributed by atoms with Crippen molar-refractivity contribution in [2.24, 2.45) is 0 Å². The Morgan fingerprint density at radius 3 is 2.45 bits per heavy atom. The summed E-state index contributed by atoms with van der Waals surface area (Å²) in [7, 11) is 0. The second-order valence-corrected chi connectivity index (χ2v) is 2.68. The van der Waals surface area contributed by atoms with Gasteiger partial charge in [-0.1, -0.05) is 0 Å². The Kier molecular flexibility index (Phi) is 2.20. The highest BCUT2D eigenvalue weighted by atomic mass is 79.9. The Labute approximate surface area is 70.6 Å². The van der Waals surface area contributed by atoms with Gasteiger partial charge in [-0.05, 0) is 28.1 Å². The molecule has 1 aromatic carbocycles. The van der Waals surface area contributed by atoms with E-state index in [1.165, 1.54) is 0 Å². The number of halogens is 3. The van der Waals surface area contributed by atoms with E-state index in [9.17, 15) is 8.78 Å². The van der Waals surface area contributed by atoms with Crippen LogP contribution < -0.4 is 0 Å². The molecule has 0 aromatic heterocycles. The van der Waals surface area contributed by atoms with Crippen LogP contribution in [0.15, 0.2) is 16.6 Å². The van der Waals surface area contributed by atoms with E-state index in [2.05, 4.69) is 20.8 Å². The van der Waals surface area contributed by atoms with Gasteiger partial charge in [-0.15, -0.1) is 0 Å². The predicted molar refractivity (Wildman–Crippen MR) is 40.3 cm³/mol. The van der Waals surface area contributed by atoms with Gasteiger partial charge in [0.15, 0.2) is 0 Å². The smallest absolute Gasteiger partial charge is 0.225 e. The van der Waals surface area contributed by atoms with E-state index in [0.29, 0.717) is 0 Å². The van der Waals surface area contributed by atoms with E-state index >= 15 is 0 Å². The van der Waals surface area contributed by atoms with E-state index in [0.717, 1.165) is 12.1 Å². The van der Waals surface area contributed by atoms with Gasteiger partial charge in [0, 0.05) is 0 Å². The molecule has 0 heterocycles. The van der Waals surface area contributed by atoms with Crippen molar-refractivity contribution in [3.05, 3.63) is 39.7 Å². The standard InChI is InChI=1S/C7H2BrF2N/c1-11-7-3-5(9)4(8)2-6(7)10/h2-3H. The molecule has 0 aliphatic carbocycles. The Balaban J connectivity index is 3.35. The van der Waals surface area contributed by atoms with Gasteiger partial charge in [-0.3, -0.25) is 0 Å². The van der Waals surface area contributed by atoms with E-state index in [1.807, 2.05) is 0 Å². The molecular formula is C7H2BrF2N. The van der Waals surface area contributed by atoms with Crippen LogP contribution in [-0.4, -0.2) is 0 Å². The number of hydrogen-bond donors (Lipinski definition) is 0. The van der Waals surface area contributed by atoms with Gasteiger partial charge in [-0.25, -0.2) is 13.6 Å². The van der Waals surface area contributed by atoms with Gasteiger partial charge in [0.25, 0.3) is 0 Å². The van der Waals surface area contributed by atoms with Crippen LogP contribution in [0.2, 0.25) is 0 Å². The fourth-order valence-electron chi connectivity index (χ4n) is 0.598. The topological polar surface area (TPSA) is 4.36 Å². The zero-order valence-electron chi connectivity index (χ0n) is 5.24. The first kappa shape index (κ1) is 8.15. The lowest BCUT2D eigenvalue weighted by Gasteiger charge is -1.95. The third-order valence-corrected chi connectivity index (χ3v) is 1.72. The molecule has 0 atom stereocenters. The highest BCUT2D eigenvalue weighted by molar-refractivity contribution is 9.10. The Morgan fingerprint density at radius 1 is 1.27 bits per heavy atom. The van der Waals surface area contributed by atoms with Crippen LogP contribution in [0.5, 0.6) is 0 Å². The van der Waals surface area contributed by atoms with E-state index in [4.69, 9.17) is 6.57 Å². The van der Waals surface area contributed by atoms with Crippen molar-refractivity contribution >= 4 is 21.6 Å². The lowest BCUT2D eigenvalue weighted by molar-refractivity contribution is 0.599. The molecule has 1 nitrogen and oxygen atoms in total. The van der Waals surface area contributed by atoms with Crippen molar-refractivity contribution in [3.8, 4) is 0 Å². The molecule has 1 aromatic rings. The highest BCUT2D eigenvalue weighted by Gasteiger charge is 2.06. The summed E-state index contributed by atoms with van der Waals surface area (Å²) >= 11 is 2.79. The van der Waals surface area contributed by atoms with Crippen LogP contribution >= 0.6 is 15.9 Å². The van der Waals surface area contributed by atoms with E-state index < -0.39 is 11.6 Å². The Hall–Kier alpha value is -0.950. The van der Waals surface area contributed by atoms with Crippen molar-refractivity contribution in [3.63, 3.8) is 0 Å². The Bertz CT molecular complexity index is 330. The molecule has 0 fully saturated rings. The van der Waals surface area contributed by atoms with Gasteiger partial charge < -0.3 is 0 Å². The quantitative estimate of drug-likeness (QED) is 0.464. The molecule has 0 radical (unpaired) electrons. The lowest BCUT2D eigenvalue weighted by Crippen LogP contribution is -1.80. The molecule has 0 saturated heterocycles. The molecule has 0 bridgehead atoms. The second kappa shape index (κ2) is 2.97. The first-order valence-electron chi connectivity index (χ1n) is 2.67. The zero-order chi connectivity index (χ0) is 8.43. The normalized spacial score (nSPS) is 9.27. The SMILES string of the molecule is [C-]#[N+]c1cc(F)c(Br)cc1F. The minimum absolute atomic E-state index is 0.0300. The number of benzene rings is 1. The minimum Gasteiger partial charge on any atom is -0.235 e. The fraction of sp³-hybridized carbons (Fsp3) is 0. The average molecular weight is 218 g/mol. The molecule has 0 N–H and O–H groups in total. The lowest BCUT2D eigenvalue weighted by atomic mass is 10.3. The van der Waals surface area contributed by atoms with E-state index in [1.54, 1.807) is 0 Å². The third-order valence-electron chi connectivity index (χ3n) is 1.11. The van der Waals surface area contributed by atoms with Crippen molar-refractivity contribution in [1.29, 1.82) is 0 Å². The molecule has 0 unspecified atom stereocenters. The predicted octanol–water partition coefficient (Wildman–Crippen LogP) is 3.28. The summed E-state index contributed by atoms with van der Waals surface area (Å²) in [6, 6.07) is 1.79. The van der Waals surface area contributed by atoms with Crippen LogP contribution in [0.3, 0.4) is 0 Å². The molecule has 0 amide bonds. The number of nitrogens with zero attached hydrogens (tertiary/aromatic N) is 1. The summed E-state index contributed by atoms with van der Waals surface area (Å²) < 4.78 is 25.2. The maximum Gasteiger partial charge on any atom is 0.225 e. The number of hydrogen-bond acceptors (Lipinski definition) is 0. The van der Waals surface area contributed by atoms with Crippen molar-refractivity contribution in [2.45, 2.75) is 0 Å². The average Bonchev–Trinajstić information content (AvgIpc) is 1.97. The van der Waals surface area contributed by atoms with Gasteiger partial charge in [0.1, 0.15) is 11.6 Å². The highest BCUT2D eigenvalue weighted by Crippen LogP contribution is 2.24. The molecule has 0 aliphatic heterocycles. The van der Waals surface area contributed by atoms with Crippen molar-refractivity contribution in [2.75, 3.05) is 0 Å². The van der Waals surface area contributed by atoms with Crippen LogP contribution in [-0.2, 0) is 0 Å². The molecule has 56 valence electrons. The maximum absolute atomic E-state index is 12.6. The van der Waals surface area contributed by atoms with Crippen LogP contribution in [0.4, 0.5) is 14.5 Å². The minimum atomic E-state index is -0.715. The van der Waals surface area contributed by atoms with Crippen LogP contribution in [0.1, 0.15) is 0 Å². The second-order valence-electron chi connectivity index (χ2n) is 1.83. The summed E-state index contributed by atoms with van der Waals surface area (Å²) in [5.41, 5.74) is -0.300. The maximum atomic E-state index is 12.6. The zero-order valence-corrected chi connectivity index (χ0v) is 6.82. The molecule has 0 saturated carbocycles. The van der Waals surface area contributed by atoms with Crippen LogP contribution in [0, 0.1) is 18.2 Å². The molecule has 0 spiro atoms. The third kappa shape index (κ3) is 1.55. The first-order chi connectivity index (χ1) is 5.15. The van der Waals surface area contributed by atoms with E-state index in [-0.39, 0.29) is 10.2 Å². The van der Waals surface area contributed by atoms with Gasteiger partial charge in [0.05, 0.1) is 11.0 Å². The summed E-state index contributed by atoms with van der Waals surface area (Å²) in [6.45, 7) is 6.45. The van der Waals surface area contributed by atoms with Crippen molar-refractivity contribution < 1.29 is 8.78 Å². The molecule has 0 aliphatic rings. The largest absolute Gasteiger partial charge is 0.235 e. The summed E-state index contributed by atoms with van der Waals surface area (Å²) in [5, 5.41) is 0. The molecule has 11 heavy (non-hydrogen) atoms. The summed E-state index contributed by atoms with van der Waals surface area (Å²) in [4.78, 5) is 2.79. The van der Waals surface area contributed by atoms with Crippen LogP contribution in [0.25, 0.3) is 4.85 Å². The Morgan fingerprint density at radius 2 is 1.91 bits per heavy atom.